The van der Waals surface area contributed by atoms with Gasteiger partial charge >= 0.3 is 0 Å². The van der Waals surface area contributed by atoms with Gasteiger partial charge in [-0.1, -0.05) is 90.4 Å². The van der Waals surface area contributed by atoms with Crippen molar-refractivity contribution in [3.8, 4) is 0 Å². The van der Waals surface area contributed by atoms with Crippen molar-refractivity contribution in [1.82, 2.24) is 10.3 Å². The molecule has 0 radical (unpaired) electrons. The Morgan fingerprint density at radius 2 is 1.54 bits per heavy atom. The summed E-state index contributed by atoms with van der Waals surface area (Å²) in [7, 11) is 0. The minimum atomic E-state index is -0.710. The first-order valence-corrected chi connectivity index (χ1v) is 21.5. The minimum Gasteiger partial charge on any atom is -0.347 e. The van der Waals surface area contributed by atoms with Crippen LogP contribution in [0.3, 0.4) is 0 Å². The third-order valence-electron chi connectivity index (χ3n) is 12.7. The van der Waals surface area contributed by atoms with Crippen molar-refractivity contribution >= 4 is 90.9 Å². The van der Waals surface area contributed by atoms with E-state index in [9.17, 15) is 19.2 Å². The van der Waals surface area contributed by atoms with E-state index in [-0.39, 0.29) is 59.4 Å². The molecule has 4 aliphatic carbocycles. The lowest BCUT2D eigenvalue weighted by Gasteiger charge is -2.35. The number of thioether (sulfide) groups is 4. The van der Waals surface area contributed by atoms with Gasteiger partial charge in [-0.25, -0.2) is 30.0 Å². The highest BCUT2D eigenvalue weighted by molar-refractivity contribution is 8.15. The molecule has 2 saturated carbocycles. The zero-order valence-corrected chi connectivity index (χ0v) is 31.7. The molecule has 10 heterocycles. The maximum absolute atomic E-state index is 13.5. The molecule has 13 aliphatic rings. The number of hydrogen-bond acceptors (Lipinski definition) is 15. The quantitative estimate of drug-likeness (QED) is 0.406. The van der Waals surface area contributed by atoms with Gasteiger partial charge in [0.1, 0.15) is 23.0 Å². The summed E-state index contributed by atoms with van der Waals surface area (Å²) in [6.45, 7) is 3.91. The Balaban J connectivity index is 1.07. The summed E-state index contributed by atoms with van der Waals surface area (Å²) in [6.07, 6.45) is 12.2. The molecule has 0 amide bonds. The molecule has 2 N–H and O–H groups in total. The number of fused-ring (bicyclic) bond motifs is 11. The summed E-state index contributed by atoms with van der Waals surface area (Å²) in [5.41, 5.74) is 5.81. The van der Waals surface area contributed by atoms with Gasteiger partial charge in [0, 0.05) is 61.8 Å². The van der Waals surface area contributed by atoms with Gasteiger partial charge in [0.05, 0.1) is 27.1 Å². The van der Waals surface area contributed by atoms with Gasteiger partial charge in [0.15, 0.2) is 33.6 Å². The van der Waals surface area contributed by atoms with Crippen LogP contribution in [0.5, 0.6) is 0 Å². The van der Waals surface area contributed by atoms with E-state index < -0.39 is 22.7 Å². The van der Waals surface area contributed by atoms with E-state index in [4.69, 9.17) is 30.0 Å². The van der Waals surface area contributed by atoms with Crippen molar-refractivity contribution < 1.29 is 19.2 Å². The van der Waals surface area contributed by atoms with Crippen LogP contribution >= 0.6 is 47.0 Å². The number of H-pyrrole nitrogens is 1. The number of aromatic nitrogens is 1. The molecule has 2 spiro atoms. The Labute approximate surface area is 323 Å². The van der Waals surface area contributed by atoms with Gasteiger partial charge in [-0.2, -0.15) is 0 Å². The molecule has 266 valence electrons. The van der Waals surface area contributed by atoms with E-state index in [1.165, 1.54) is 47.0 Å². The van der Waals surface area contributed by atoms with E-state index in [1.54, 1.807) is 0 Å². The standard InChI is InChI=1S/C38H26N8O4S4/c1-11-3-7-16-23-30-41-26-15(13-5-4-12(2)51-33(13)48)9-19(39-26)40-31-24-22(25-37(24)10-17(37)35(50)53-25)29(44-31)43-27-20-14-6-8-18(52-34(14)49)21(20)28(42-27)45-36(46-30)38(16,23)54-32(11)47/h3-9,11-14,16-18,25,36,46H,10H2,1-2H3,(H,39,40,41,42,43,44,45). The van der Waals surface area contributed by atoms with Crippen molar-refractivity contribution in [2.75, 3.05) is 0 Å². The van der Waals surface area contributed by atoms with Crippen molar-refractivity contribution in [2.24, 2.45) is 59.0 Å². The van der Waals surface area contributed by atoms with Gasteiger partial charge < -0.3 is 10.3 Å². The number of hydrogen-bond donors (Lipinski definition) is 2. The molecular formula is C38H26N8O4S4. The van der Waals surface area contributed by atoms with E-state index in [0.717, 1.165) is 34.3 Å². The Bertz CT molecular complexity index is 2710. The number of aromatic amines is 1. The fraction of sp³-hybridized carbons (Fsp3) is 0.368. The summed E-state index contributed by atoms with van der Waals surface area (Å²) >= 11 is 5.23. The van der Waals surface area contributed by atoms with Gasteiger partial charge in [-0.15, -0.1) is 0 Å². The second kappa shape index (κ2) is 10.00. The van der Waals surface area contributed by atoms with Gasteiger partial charge in [0.25, 0.3) is 0 Å². The fourth-order valence-corrected chi connectivity index (χ4v) is 15.0. The lowest BCUT2D eigenvalue weighted by atomic mass is 9.72. The second-order valence-electron chi connectivity index (χ2n) is 15.6. The predicted octanol–water partition coefficient (Wildman–Crippen LogP) is 3.25. The lowest BCUT2D eigenvalue weighted by Crippen LogP contribution is -2.38. The molecular weight excluding hydrogens is 761 g/mol. The SMILES string of the molecule is CC1C=CC(c2cc3[nH]c2=NC2=C4C5C=CC(C)C(=O)SC45C(N=C4N=C(N=C5N=C(N=3)C3=C5C5SC(=O)C6CC365)C3=C4C4C=CC3C(=O)S4)N2)C(=O)S1. The number of carbonyl (C=O) groups is 4. The maximum atomic E-state index is 13.5. The van der Waals surface area contributed by atoms with Crippen LogP contribution in [0.25, 0.3) is 0 Å². The molecule has 14 rings (SSSR count). The fourth-order valence-electron chi connectivity index (χ4n) is 9.98. The summed E-state index contributed by atoms with van der Waals surface area (Å²) in [6, 6.07) is 1.88. The molecule has 54 heavy (non-hydrogen) atoms. The first-order valence-electron chi connectivity index (χ1n) is 18.0. The number of nitrogens with zero attached hydrogens (tertiary/aromatic N) is 6. The summed E-state index contributed by atoms with van der Waals surface area (Å²) in [5.74, 6) is 0.970. The van der Waals surface area contributed by atoms with Crippen LogP contribution in [0.2, 0.25) is 0 Å². The molecule has 1 saturated heterocycles. The number of amidine groups is 4. The lowest BCUT2D eigenvalue weighted by molar-refractivity contribution is -0.113. The van der Waals surface area contributed by atoms with Crippen LogP contribution in [0, 0.1) is 29.1 Å². The zero-order chi connectivity index (χ0) is 36.2. The molecule has 11 unspecified atom stereocenters. The Hall–Kier alpha value is -4.12. The highest BCUT2D eigenvalue weighted by Crippen LogP contribution is 2.78. The number of allylic oxidation sites excluding steroid dienone is 4. The highest BCUT2D eigenvalue weighted by Gasteiger charge is 2.78. The van der Waals surface area contributed by atoms with Crippen LogP contribution in [0.1, 0.15) is 31.7 Å². The average Bonchev–Trinajstić information content (AvgIpc) is 3.78. The largest absolute Gasteiger partial charge is 0.347 e. The Morgan fingerprint density at radius 3 is 2.37 bits per heavy atom. The van der Waals surface area contributed by atoms with Crippen molar-refractivity contribution in [3.05, 3.63) is 92.7 Å². The molecule has 3 fully saturated rings. The first kappa shape index (κ1) is 31.1. The van der Waals surface area contributed by atoms with Crippen molar-refractivity contribution in [1.29, 1.82) is 0 Å². The summed E-state index contributed by atoms with van der Waals surface area (Å²) < 4.78 is -0.710. The van der Waals surface area contributed by atoms with E-state index in [0.29, 0.717) is 45.7 Å². The van der Waals surface area contributed by atoms with Crippen molar-refractivity contribution in [2.45, 2.75) is 52.8 Å². The monoisotopic (exact) mass is 786 g/mol. The van der Waals surface area contributed by atoms with Crippen LogP contribution in [0.15, 0.2) is 106 Å². The van der Waals surface area contributed by atoms with Crippen LogP contribution in [-0.2, 0) is 19.2 Å². The Kier molecular flexibility index (Phi) is 5.76. The summed E-state index contributed by atoms with van der Waals surface area (Å²) in [4.78, 5) is 87.8. The van der Waals surface area contributed by atoms with Crippen LogP contribution < -0.4 is 16.3 Å². The van der Waals surface area contributed by atoms with Crippen LogP contribution in [0.4, 0.5) is 0 Å². The normalized spacial score (nSPS) is 42.1. The molecule has 16 heteroatoms. The van der Waals surface area contributed by atoms with Gasteiger partial charge in [-0.05, 0) is 19.4 Å². The first-order chi connectivity index (χ1) is 26.1. The zero-order valence-electron chi connectivity index (χ0n) is 28.4. The molecule has 11 atom stereocenters. The van der Waals surface area contributed by atoms with E-state index >= 15 is 0 Å². The molecule has 1 aromatic heterocycles. The number of aliphatic imine (C=N–C) groups is 4. The number of rotatable bonds is 1. The number of carbonyl (C=O) groups excluding carboxylic acids is 4. The summed E-state index contributed by atoms with van der Waals surface area (Å²) in [5, 5.41) is 3.61. The smallest absolute Gasteiger partial charge is 0.201 e. The second-order valence-corrected chi connectivity index (χ2v) is 20.5. The van der Waals surface area contributed by atoms with Gasteiger partial charge in [-0.3, -0.25) is 19.2 Å². The van der Waals surface area contributed by atoms with Gasteiger partial charge in [0.2, 0.25) is 10.2 Å². The number of nitrogens with one attached hydrogen (secondary N) is 2. The average molecular weight is 787 g/mol. The van der Waals surface area contributed by atoms with E-state index in [1.807, 2.05) is 50.3 Å². The van der Waals surface area contributed by atoms with Crippen molar-refractivity contribution in [3.63, 3.8) is 0 Å². The van der Waals surface area contributed by atoms with E-state index in [2.05, 4.69) is 16.4 Å². The molecule has 12 nitrogen and oxygen atoms in total. The molecule has 10 bridgehead atoms. The molecule has 9 aliphatic heterocycles. The van der Waals surface area contributed by atoms with Crippen LogP contribution in [-0.4, -0.2) is 75.5 Å². The minimum absolute atomic E-state index is 0.0249. The maximum Gasteiger partial charge on any atom is 0.201 e. The molecule has 0 aromatic carbocycles. The third-order valence-corrected chi connectivity index (χ3v) is 17.9. The topological polar surface area (TPSA) is 170 Å². The molecule has 1 aromatic rings. The Morgan fingerprint density at radius 1 is 0.741 bits per heavy atom. The predicted molar refractivity (Wildman–Crippen MR) is 208 cm³/mol. The third kappa shape index (κ3) is 3.69. The highest BCUT2D eigenvalue weighted by atomic mass is 32.2.